The van der Waals surface area contributed by atoms with E-state index in [-0.39, 0.29) is 12.3 Å². The third-order valence-electron chi connectivity index (χ3n) is 3.09. The van der Waals surface area contributed by atoms with Crippen LogP contribution in [-0.2, 0) is 9.47 Å². The van der Waals surface area contributed by atoms with Crippen molar-refractivity contribution in [2.24, 2.45) is 0 Å². The van der Waals surface area contributed by atoms with Crippen LogP contribution in [0.1, 0.15) is 37.8 Å². The van der Waals surface area contributed by atoms with Crippen molar-refractivity contribution in [3.05, 3.63) is 29.3 Å². The Hall–Kier alpha value is -1.59. The summed E-state index contributed by atoms with van der Waals surface area (Å²) >= 11 is 0. The first-order chi connectivity index (χ1) is 10.5. The van der Waals surface area contributed by atoms with Crippen LogP contribution in [0.3, 0.4) is 0 Å². The van der Waals surface area contributed by atoms with Gasteiger partial charge in [-0.15, -0.1) is 0 Å². The van der Waals surface area contributed by atoms with Crippen LogP contribution in [0.4, 0.5) is 10.5 Å². The van der Waals surface area contributed by atoms with Gasteiger partial charge in [0.15, 0.2) is 6.29 Å². The molecule has 0 spiro atoms. The van der Waals surface area contributed by atoms with E-state index in [1.54, 1.807) is 0 Å². The Morgan fingerprint density at radius 2 is 1.68 bits per heavy atom. The van der Waals surface area contributed by atoms with Gasteiger partial charge in [-0.3, -0.25) is 0 Å². The van der Waals surface area contributed by atoms with Gasteiger partial charge in [-0.25, -0.2) is 4.79 Å². The molecule has 0 unspecified atom stereocenters. The Labute approximate surface area is 133 Å². The minimum atomic E-state index is -0.186. The molecule has 0 bridgehead atoms. The van der Waals surface area contributed by atoms with E-state index < -0.39 is 0 Å². The Balaban J connectivity index is 2.28. The first kappa shape index (κ1) is 18.5. The van der Waals surface area contributed by atoms with Crippen LogP contribution in [0.5, 0.6) is 0 Å². The van der Waals surface area contributed by atoms with Crippen molar-refractivity contribution < 1.29 is 14.3 Å². The number of benzene rings is 1. The fourth-order valence-corrected chi connectivity index (χ4v) is 2.28. The molecule has 0 aromatic heterocycles. The molecule has 0 saturated carbocycles. The predicted molar refractivity (Wildman–Crippen MR) is 89.2 cm³/mol. The van der Waals surface area contributed by atoms with Gasteiger partial charge in [0.1, 0.15) is 0 Å². The van der Waals surface area contributed by atoms with Gasteiger partial charge in [-0.1, -0.05) is 6.07 Å². The average molecular weight is 308 g/mol. The highest BCUT2D eigenvalue weighted by Gasteiger charge is 2.08. The average Bonchev–Trinajstić information content (AvgIpc) is 2.42. The van der Waals surface area contributed by atoms with E-state index in [1.807, 2.05) is 39.8 Å². The third-order valence-corrected chi connectivity index (χ3v) is 3.09. The summed E-state index contributed by atoms with van der Waals surface area (Å²) in [6, 6.07) is 5.79. The molecular weight excluding hydrogens is 280 g/mol. The molecule has 0 aliphatic carbocycles. The minimum Gasteiger partial charge on any atom is -0.353 e. The van der Waals surface area contributed by atoms with Gasteiger partial charge in [0.2, 0.25) is 0 Å². The van der Waals surface area contributed by atoms with Crippen LogP contribution in [0.25, 0.3) is 0 Å². The lowest BCUT2D eigenvalue weighted by Gasteiger charge is -2.16. The fraction of sp³-hybridized carbons (Fsp3) is 0.588. The molecule has 0 aliphatic heterocycles. The second kappa shape index (κ2) is 10.2. The summed E-state index contributed by atoms with van der Waals surface area (Å²) in [6.45, 7) is 9.77. The molecule has 0 radical (unpaired) electrons. The maximum atomic E-state index is 11.8. The van der Waals surface area contributed by atoms with Crippen molar-refractivity contribution in [2.45, 2.75) is 46.8 Å². The maximum Gasteiger partial charge on any atom is 0.319 e. The number of hydrogen-bond acceptors (Lipinski definition) is 3. The summed E-state index contributed by atoms with van der Waals surface area (Å²) in [4.78, 5) is 11.8. The second-order valence-corrected chi connectivity index (χ2v) is 5.24. The molecule has 1 rings (SSSR count). The lowest BCUT2D eigenvalue weighted by molar-refractivity contribution is -0.139. The van der Waals surface area contributed by atoms with Crippen LogP contribution < -0.4 is 10.6 Å². The highest BCUT2D eigenvalue weighted by atomic mass is 16.7. The van der Waals surface area contributed by atoms with Gasteiger partial charge in [0.25, 0.3) is 0 Å². The lowest BCUT2D eigenvalue weighted by Crippen LogP contribution is -2.30. The molecule has 2 amide bonds. The van der Waals surface area contributed by atoms with Gasteiger partial charge in [-0.2, -0.15) is 0 Å². The summed E-state index contributed by atoms with van der Waals surface area (Å²) in [6.07, 6.45) is 1.40. The third kappa shape index (κ3) is 7.43. The van der Waals surface area contributed by atoms with Crippen molar-refractivity contribution >= 4 is 11.7 Å². The van der Waals surface area contributed by atoms with Crippen molar-refractivity contribution in [3.8, 4) is 0 Å². The number of hydrogen-bond donors (Lipinski definition) is 2. The number of urea groups is 1. The lowest BCUT2D eigenvalue weighted by atomic mass is 10.1. The van der Waals surface area contributed by atoms with E-state index in [2.05, 4.69) is 16.7 Å². The van der Waals surface area contributed by atoms with Gasteiger partial charge < -0.3 is 20.1 Å². The van der Waals surface area contributed by atoms with E-state index in [4.69, 9.17) is 9.47 Å². The molecule has 0 aliphatic rings. The number of amides is 2. The molecule has 1 aromatic carbocycles. The van der Waals surface area contributed by atoms with E-state index in [1.165, 1.54) is 0 Å². The standard InChI is InChI=1S/C17H28N2O3/c1-5-21-16(22-6-2)8-7-9-18-17(20)19-15-11-13(3)10-14(4)12-15/h10-12,16H,5-9H2,1-4H3,(H2,18,19,20). The normalized spacial score (nSPS) is 10.8. The number of anilines is 1. The summed E-state index contributed by atoms with van der Waals surface area (Å²) in [7, 11) is 0. The van der Waals surface area contributed by atoms with E-state index in [0.717, 1.165) is 29.7 Å². The van der Waals surface area contributed by atoms with E-state index >= 15 is 0 Å². The highest BCUT2D eigenvalue weighted by molar-refractivity contribution is 5.89. The fourth-order valence-electron chi connectivity index (χ4n) is 2.28. The van der Waals surface area contributed by atoms with E-state index in [0.29, 0.717) is 19.8 Å². The van der Waals surface area contributed by atoms with Crippen LogP contribution >= 0.6 is 0 Å². The first-order valence-corrected chi connectivity index (χ1v) is 7.91. The van der Waals surface area contributed by atoms with Gasteiger partial charge >= 0.3 is 6.03 Å². The van der Waals surface area contributed by atoms with Crippen molar-refractivity contribution in [1.29, 1.82) is 0 Å². The monoisotopic (exact) mass is 308 g/mol. The number of carbonyl (C=O) groups excluding carboxylic acids is 1. The molecule has 22 heavy (non-hydrogen) atoms. The molecule has 0 fully saturated rings. The van der Waals surface area contributed by atoms with Crippen molar-refractivity contribution in [3.63, 3.8) is 0 Å². The predicted octanol–water partition coefficient (Wildman–Crippen LogP) is 3.60. The Bertz CT molecular complexity index is 437. The zero-order chi connectivity index (χ0) is 16.4. The molecule has 0 saturated heterocycles. The molecule has 1 aromatic rings. The summed E-state index contributed by atoms with van der Waals surface area (Å²) in [5, 5.41) is 5.70. The van der Waals surface area contributed by atoms with Gasteiger partial charge in [0.05, 0.1) is 0 Å². The highest BCUT2D eigenvalue weighted by Crippen LogP contribution is 2.13. The van der Waals surface area contributed by atoms with Crippen molar-refractivity contribution in [2.75, 3.05) is 25.1 Å². The van der Waals surface area contributed by atoms with Gasteiger partial charge in [0, 0.05) is 31.9 Å². The molecule has 5 nitrogen and oxygen atoms in total. The summed E-state index contributed by atoms with van der Waals surface area (Å²) in [5.41, 5.74) is 3.08. The number of ether oxygens (including phenoxy) is 2. The topological polar surface area (TPSA) is 59.6 Å². The Morgan fingerprint density at radius 3 is 2.23 bits per heavy atom. The number of carbonyl (C=O) groups is 1. The Kier molecular flexibility index (Phi) is 8.55. The number of aryl methyl sites for hydroxylation is 2. The SMILES string of the molecule is CCOC(CCCNC(=O)Nc1cc(C)cc(C)c1)OCC. The summed E-state index contributed by atoms with van der Waals surface area (Å²) < 4.78 is 10.9. The molecule has 0 heterocycles. The van der Waals surface area contributed by atoms with E-state index in [9.17, 15) is 4.79 Å². The molecule has 2 N–H and O–H groups in total. The number of nitrogens with one attached hydrogen (secondary N) is 2. The molecule has 5 heteroatoms. The zero-order valence-corrected chi connectivity index (χ0v) is 14.1. The Morgan fingerprint density at radius 1 is 1.09 bits per heavy atom. The van der Waals surface area contributed by atoms with Crippen LogP contribution in [0, 0.1) is 13.8 Å². The van der Waals surface area contributed by atoms with Crippen LogP contribution in [-0.4, -0.2) is 32.1 Å². The van der Waals surface area contributed by atoms with Crippen molar-refractivity contribution in [1.82, 2.24) is 5.32 Å². The molecule has 124 valence electrons. The minimum absolute atomic E-state index is 0.181. The smallest absolute Gasteiger partial charge is 0.319 e. The molecule has 0 atom stereocenters. The second-order valence-electron chi connectivity index (χ2n) is 5.24. The molecular formula is C17H28N2O3. The number of rotatable bonds is 9. The summed E-state index contributed by atoms with van der Waals surface area (Å²) in [5.74, 6) is 0. The van der Waals surface area contributed by atoms with Gasteiger partial charge in [-0.05, 0) is 57.4 Å². The quantitative estimate of drug-likeness (QED) is 0.541. The van der Waals surface area contributed by atoms with Crippen LogP contribution in [0.15, 0.2) is 18.2 Å². The largest absolute Gasteiger partial charge is 0.353 e. The maximum absolute atomic E-state index is 11.8. The first-order valence-electron chi connectivity index (χ1n) is 7.91. The zero-order valence-electron chi connectivity index (χ0n) is 14.1. The van der Waals surface area contributed by atoms with Crippen LogP contribution in [0.2, 0.25) is 0 Å².